The quantitative estimate of drug-likeness (QED) is 0.805. The van der Waals surface area contributed by atoms with Crippen molar-refractivity contribution < 1.29 is 17.5 Å². The van der Waals surface area contributed by atoms with Crippen LogP contribution in [0.25, 0.3) is 0 Å². The number of rotatable bonds is 1. The Bertz CT molecular complexity index is 962. The number of nitriles is 1. The molecule has 0 atom stereocenters. The maximum atomic E-state index is 13.6. The van der Waals surface area contributed by atoms with Crippen molar-refractivity contribution in [2.24, 2.45) is 0 Å². The molecule has 4 rings (SSSR count). The number of halogens is 1. The highest BCUT2D eigenvalue weighted by Gasteiger charge is 2.44. The Morgan fingerprint density at radius 2 is 2.00 bits per heavy atom. The molecule has 2 aromatic rings. The SMILES string of the molecule is N#Cc1cccc2c1N(C1CC1)S(=O)(=O)c1cc(F)ccc1O2. The Morgan fingerprint density at radius 1 is 1.22 bits per heavy atom. The maximum Gasteiger partial charge on any atom is 0.268 e. The lowest BCUT2D eigenvalue weighted by Crippen LogP contribution is -2.33. The Labute approximate surface area is 132 Å². The second kappa shape index (κ2) is 4.70. The van der Waals surface area contributed by atoms with E-state index in [0.29, 0.717) is 12.8 Å². The second-order valence-electron chi connectivity index (χ2n) is 5.49. The van der Waals surface area contributed by atoms with Crippen molar-refractivity contribution in [3.05, 3.63) is 47.8 Å². The van der Waals surface area contributed by atoms with Crippen LogP contribution in [0.15, 0.2) is 41.3 Å². The second-order valence-corrected chi connectivity index (χ2v) is 7.27. The number of ether oxygens (including phenoxy) is 1. The normalized spacial score (nSPS) is 18.2. The van der Waals surface area contributed by atoms with Crippen LogP contribution >= 0.6 is 0 Å². The Hall–Kier alpha value is -2.59. The first-order valence-electron chi connectivity index (χ1n) is 7.07. The molecule has 0 unspecified atom stereocenters. The Kier molecular flexibility index (Phi) is 2.87. The molecule has 0 spiro atoms. The lowest BCUT2D eigenvalue weighted by atomic mass is 10.1. The minimum absolute atomic E-state index is 0.0610. The average molecular weight is 330 g/mol. The fraction of sp³-hybridized carbons (Fsp3) is 0.188. The van der Waals surface area contributed by atoms with E-state index in [1.807, 2.05) is 6.07 Å². The van der Waals surface area contributed by atoms with Crippen molar-refractivity contribution in [3.63, 3.8) is 0 Å². The molecule has 0 radical (unpaired) electrons. The topological polar surface area (TPSA) is 70.4 Å². The molecule has 1 saturated carbocycles. The molecule has 1 aliphatic carbocycles. The summed E-state index contributed by atoms with van der Waals surface area (Å²) in [4.78, 5) is -0.218. The van der Waals surface area contributed by atoms with Gasteiger partial charge in [0.1, 0.15) is 28.2 Å². The summed E-state index contributed by atoms with van der Waals surface area (Å²) in [7, 11) is -4.01. The summed E-state index contributed by atoms with van der Waals surface area (Å²) in [5.41, 5.74) is 0.445. The van der Waals surface area contributed by atoms with Gasteiger partial charge in [0, 0.05) is 6.04 Å². The van der Waals surface area contributed by atoms with Crippen molar-refractivity contribution >= 4 is 15.7 Å². The van der Waals surface area contributed by atoms with E-state index >= 15 is 0 Å². The van der Waals surface area contributed by atoms with Crippen molar-refractivity contribution in [2.75, 3.05) is 4.31 Å². The zero-order chi connectivity index (χ0) is 16.2. The van der Waals surface area contributed by atoms with Crippen LogP contribution in [0.1, 0.15) is 18.4 Å². The summed E-state index contributed by atoms with van der Waals surface area (Å²) < 4.78 is 46.6. The summed E-state index contributed by atoms with van der Waals surface area (Å²) in [6.45, 7) is 0. The standard InChI is InChI=1S/C16H11FN2O3S/c17-11-4-7-13-15(8-11)23(20,21)19(12-5-6-12)16-10(9-18)2-1-3-14(16)22-13/h1-4,7-8,12H,5-6H2. The predicted molar refractivity (Wildman–Crippen MR) is 80.3 cm³/mol. The Balaban J connectivity index is 2.07. The van der Waals surface area contributed by atoms with Gasteiger partial charge in [-0.3, -0.25) is 4.31 Å². The summed E-state index contributed by atoms with van der Waals surface area (Å²) in [6.07, 6.45) is 1.40. The van der Waals surface area contributed by atoms with E-state index in [4.69, 9.17) is 4.74 Å². The summed E-state index contributed by atoms with van der Waals surface area (Å²) in [5, 5.41) is 9.35. The third kappa shape index (κ3) is 2.06. The van der Waals surface area contributed by atoms with Gasteiger partial charge in [-0.2, -0.15) is 5.26 Å². The average Bonchev–Trinajstić information content (AvgIpc) is 3.34. The first kappa shape index (κ1) is 14.0. The number of fused-ring (bicyclic) bond motifs is 2. The van der Waals surface area contributed by atoms with Gasteiger partial charge in [0.25, 0.3) is 10.0 Å². The minimum atomic E-state index is -4.01. The molecule has 1 fully saturated rings. The van der Waals surface area contributed by atoms with Gasteiger partial charge < -0.3 is 4.74 Å². The van der Waals surface area contributed by atoms with Gasteiger partial charge >= 0.3 is 0 Å². The minimum Gasteiger partial charge on any atom is -0.454 e. The van der Waals surface area contributed by atoms with E-state index in [-0.39, 0.29) is 33.7 Å². The first-order valence-corrected chi connectivity index (χ1v) is 8.51. The van der Waals surface area contributed by atoms with Crippen LogP contribution in [-0.4, -0.2) is 14.5 Å². The smallest absolute Gasteiger partial charge is 0.268 e. The van der Waals surface area contributed by atoms with Crippen LogP contribution in [0.2, 0.25) is 0 Å². The third-order valence-electron chi connectivity index (χ3n) is 3.88. The Morgan fingerprint density at radius 3 is 2.70 bits per heavy atom. The van der Waals surface area contributed by atoms with Gasteiger partial charge in [-0.15, -0.1) is 0 Å². The molecular weight excluding hydrogens is 319 g/mol. The van der Waals surface area contributed by atoms with E-state index in [9.17, 15) is 18.1 Å². The zero-order valence-corrected chi connectivity index (χ0v) is 12.7. The zero-order valence-electron chi connectivity index (χ0n) is 11.9. The van der Waals surface area contributed by atoms with E-state index in [1.54, 1.807) is 18.2 Å². The molecule has 0 bridgehead atoms. The van der Waals surface area contributed by atoms with Gasteiger partial charge in [0.2, 0.25) is 0 Å². The van der Waals surface area contributed by atoms with Crippen molar-refractivity contribution in [3.8, 4) is 17.6 Å². The molecule has 1 heterocycles. The number of nitrogens with zero attached hydrogens (tertiary/aromatic N) is 2. The molecule has 0 aromatic heterocycles. The van der Waals surface area contributed by atoms with E-state index < -0.39 is 15.8 Å². The molecular formula is C16H11FN2O3S. The van der Waals surface area contributed by atoms with Crippen LogP contribution in [0.5, 0.6) is 11.5 Å². The summed E-state index contributed by atoms with van der Waals surface area (Å²) >= 11 is 0. The van der Waals surface area contributed by atoms with E-state index in [2.05, 4.69) is 0 Å². The lowest BCUT2D eigenvalue weighted by Gasteiger charge is -2.23. The molecule has 0 amide bonds. The molecule has 116 valence electrons. The van der Waals surface area contributed by atoms with Crippen molar-refractivity contribution in [2.45, 2.75) is 23.8 Å². The van der Waals surface area contributed by atoms with Gasteiger partial charge in [0.15, 0.2) is 5.75 Å². The lowest BCUT2D eigenvalue weighted by molar-refractivity contribution is 0.469. The van der Waals surface area contributed by atoms with E-state index in [1.165, 1.54) is 10.4 Å². The number of benzene rings is 2. The maximum absolute atomic E-state index is 13.6. The number of hydrogen-bond donors (Lipinski definition) is 0. The monoisotopic (exact) mass is 330 g/mol. The van der Waals surface area contributed by atoms with Crippen molar-refractivity contribution in [1.29, 1.82) is 5.26 Å². The summed E-state index contributed by atoms with van der Waals surface area (Å²) in [5.74, 6) is -0.311. The fourth-order valence-corrected chi connectivity index (χ4v) is 4.59. The highest BCUT2D eigenvalue weighted by molar-refractivity contribution is 7.93. The number of hydrogen-bond acceptors (Lipinski definition) is 4. The van der Waals surface area contributed by atoms with E-state index in [0.717, 1.165) is 12.1 Å². The van der Waals surface area contributed by atoms with Crippen LogP contribution < -0.4 is 9.04 Å². The molecule has 2 aromatic carbocycles. The summed E-state index contributed by atoms with van der Waals surface area (Å²) in [6, 6.07) is 9.96. The van der Waals surface area contributed by atoms with Crippen LogP contribution in [-0.2, 0) is 10.0 Å². The molecule has 0 saturated heterocycles. The van der Waals surface area contributed by atoms with Crippen molar-refractivity contribution in [1.82, 2.24) is 0 Å². The third-order valence-corrected chi connectivity index (χ3v) is 5.75. The fourth-order valence-electron chi connectivity index (χ4n) is 2.72. The first-order chi connectivity index (χ1) is 11.0. The van der Waals surface area contributed by atoms with Crippen LogP contribution in [0, 0.1) is 17.1 Å². The molecule has 23 heavy (non-hydrogen) atoms. The highest BCUT2D eigenvalue weighted by Crippen LogP contribution is 2.48. The van der Waals surface area contributed by atoms with Gasteiger partial charge in [-0.25, -0.2) is 12.8 Å². The molecule has 7 heteroatoms. The predicted octanol–water partition coefficient (Wildman–Crippen LogP) is 3.16. The van der Waals surface area contributed by atoms with Crippen LogP contribution in [0.3, 0.4) is 0 Å². The van der Waals surface area contributed by atoms with Gasteiger partial charge in [-0.1, -0.05) is 6.07 Å². The number of para-hydroxylation sites is 1. The molecule has 1 aliphatic heterocycles. The molecule has 5 nitrogen and oxygen atoms in total. The van der Waals surface area contributed by atoms with Gasteiger partial charge in [-0.05, 0) is 43.2 Å². The van der Waals surface area contributed by atoms with Gasteiger partial charge in [0.05, 0.1) is 5.56 Å². The molecule has 0 N–H and O–H groups in total. The van der Waals surface area contributed by atoms with Crippen LogP contribution in [0.4, 0.5) is 10.1 Å². The molecule has 2 aliphatic rings. The number of sulfonamides is 1. The number of anilines is 1. The largest absolute Gasteiger partial charge is 0.454 e. The highest BCUT2D eigenvalue weighted by atomic mass is 32.2.